The molecule has 0 aliphatic rings. The molecule has 0 amide bonds. The van der Waals surface area contributed by atoms with Gasteiger partial charge < -0.3 is 0 Å². The zero-order chi connectivity index (χ0) is 10.3. The van der Waals surface area contributed by atoms with Crippen LogP contribution >= 0.6 is 46.6 Å². The Hall–Kier alpha value is 0.120. The van der Waals surface area contributed by atoms with Gasteiger partial charge in [0.25, 0.3) is 6.43 Å². The minimum absolute atomic E-state index is 0.0130. The van der Waals surface area contributed by atoms with E-state index in [4.69, 9.17) is 0 Å². The molecule has 14 heavy (non-hydrogen) atoms. The molecule has 0 saturated heterocycles. The molecule has 0 aliphatic carbocycles. The van der Waals surface area contributed by atoms with Crippen molar-refractivity contribution in [1.29, 1.82) is 0 Å². The van der Waals surface area contributed by atoms with Gasteiger partial charge in [0.2, 0.25) is 0 Å². The van der Waals surface area contributed by atoms with Crippen LogP contribution in [0.25, 0.3) is 10.1 Å². The summed E-state index contributed by atoms with van der Waals surface area (Å²) < 4.78 is 27.0. The first-order chi connectivity index (χ1) is 6.59. The lowest BCUT2D eigenvalue weighted by Crippen LogP contribution is -1.86. The van der Waals surface area contributed by atoms with Crippen molar-refractivity contribution in [2.24, 2.45) is 0 Å². The van der Waals surface area contributed by atoms with Gasteiger partial charge in [-0.15, -0.1) is 24.0 Å². The number of benzene rings is 1. The predicted octanol–water partition coefficient (Wildman–Crippen LogP) is 4.73. The number of alkyl halides is 2. The molecule has 0 fully saturated rings. The molecule has 1 heterocycles. The second-order valence-electron chi connectivity index (χ2n) is 2.79. The first-order valence-corrected chi connectivity index (χ1v) is 6.18. The number of hydrogen-bond donors (Lipinski definition) is 1. The Balaban J connectivity index is 2.72. The largest absolute Gasteiger partial charge is 0.264 e. The third-order valence-corrected chi connectivity index (χ3v) is 4.56. The fraction of sp³-hybridized carbons (Fsp3) is 0.111. The van der Waals surface area contributed by atoms with Gasteiger partial charge in [-0.3, -0.25) is 0 Å². The van der Waals surface area contributed by atoms with Crippen molar-refractivity contribution in [3.63, 3.8) is 0 Å². The minimum Gasteiger partial charge on any atom is -0.205 e. The number of fused-ring (bicyclic) bond motifs is 1. The fourth-order valence-electron chi connectivity index (χ4n) is 1.22. The lowest BCUT2D eigenvalue weighted by molar-refractivity contribution is 0.148. The third-order valence-electron chi connectivity index (χ3n) is 1.91. The first-order valence-electron chi connectivity index (χ1n) is 3.77. The summed E-state index contributed by atoms with van der Waals surface area (Å²) >= 11 is 7.72. The zero-order valence-electron chi connectivity index (χ0n) is 6.80. The van der Waals surface area contributed by atoms with Gasteiger partial charge in [-0.2, -0.15) is 0 Å². The highest BCUT2D eigenvalue weighted by Gasteiger charge is 2.13. The van der Waals surface area contributed by atoms with E-state index in [2.05, 4.69) is 35.2 Å². The van der Waals surface area contributed by atoms with Gasteiger partial charge in [0, 0.05) is 29.5 Å². The zero-order valence-corrected chi connectivity index (χ0v) is 10.7. The molecule has 0 radical (unpaired) electrons. The Morgan fingerprint density at radius 3 is 2.71 bits per heavy atom. The number of hydrogen-bond acceptors (Lipinski definition) is 2. The average Bonchev–Trinajstić information content (AvgIpc) is 2.46. The molecule has 5 heteroatoms. The van der Waals surface area contributed by atoms with Crippen LogP contribution in [0.15, 0.2) is 22.4 Å². The summed E-state index contributed by atoms with van der Waals surface area (Å²) in [6.07, 6.45) is -2.45. The topological polar surface area (TPSA) is 0 Å². The highest BCUT2D eigenvalue weighted by atomic mass is 127. The van der Waals surface area contributed by atoms with Gasteiger partial charge in [0.1, 0.15) is 0 Å². The molecule has 1 aromatic heterocycles. The average molecular weight is 342 g/mol. The maximum absolute atomic E-state index is 12.5. The Kier molecular flexibility index (Phi) is 2.99. The number of thiophene rings is 1. The molecule has 0 saturated carbocycles. The van der Waals surface area contributed by atoms with E-state index >= 15 is 0 Å². The van der Waals surface area contributed by atoms with Crippen LogP contribution in [-0.2, 0) is 0 Å². The van der Waals surface area contributed by atoms with E-state index in [-0.39, 0.29) is 5.56 Å². The van der Waals surface area contributed by atoms with Gasteiger partial charge in [-0.05, 0) is 34.7 Å². The van der Waals surface area contributed by atoms with Gasteiger partial charge in [0.05, 0.1) is 0 Å². The molecule has 0 unspecified atom stereocenters. The van der Waals surface area contributed by atoms with Crippen LogP contribution in [0.4, 0.5) is 8.78 Å². The monoisotopic (exact) mass is 342 g/mol. The molecular weight excluding hydrogens is 337 g/mol. The Morgan fingerprint density at radius 1 is 1.36 bits per heavy atom. The molecule has 2 aromatic rings. The molecule has 0 spiro atoms. The van der Waals surface area contributed by atoms with Crippen molar-refractivity contribution in [3.05, 3.63) is 26.6 Å². The lowest BCUT2D eigenvalue weighted by Gasteiger charge is -2.03. The first kappa shape index (κ1) is 10.6. The summed E-state index contributed by atoms with van der Waals surface area (Å²) in [4.78, 5) is 0.365. The summed E-state index contributed by atoms with van der Waals surface area (Å²) in [7, 11) is 0. The summed E-state index contributed by atoms with van der Waals surface area (Å²) in [6.45, 7) is 0. The summed E-state index contributed by atoms with van der Waals surface area (Å²) in [5, 5.41) is 2.96. The van der Waals surface area contributed by atoms with Gasteiger partial charge in [0.15, 0.2) is 0 Å². The van der Waals surface area contributed by atoms with E-state index < -0.39 is 6.43 Å². The van der Waals surface area contributed by atoms with Crippen LogP contribution in [0, 0.1) is 3.57 Å². The van der Waals surface area contributed by atoms with Crippen LogP contribution in [0.2, 0.25) is 0 Å². The summed E-state index contributed by atoms with van der Waals surface area (Å²) in [5.74, 6) is 0. The maximum atomic E-state index is 12.5. The van der Waals surface area contributed by atoms with Crippen molar-refractivity contribution < 1.29 is 8.78 Å². The second-order valence-corrected chi connectivity index (χ2v) is 5.35. The van der Waals surface area contributed by atoms with Crippen LogP contribution in [0.1, 0.15) is 12.0 Å². The predicted molar refractivity (Wildman–Crippen MR) is 66.8 cm³/mol. The van der Waals surface area contributed by atoms with Gasteiger partial charge in [-0.25, -0.2) is 8.78 Å². The number of rotatable bonds is 1. The molecular formula is C9H5F2IS2. The van der Waals surface area contributed by atoms with Crippen molar-refractivity contribution in [2.45, 2.75) is 11.3 Å². The summed E-state index contributed by atoms with van der Waals surface area (Å²) in [6, 6.07) is 3.23. The highest BCUT2D eigenvalue weighted by molar-refractivity contribution is 14.1. The van der Waals surface area contributed by atoms with Crippen molar-refractivity contribution in [2.75, 3.05) is 0 Å². The number of thiol groups is 1. The van der Waals surface area contributed by atoms with E-state index in [1.54, 1.807) is 6.07 Å². The maximum Gasteiger partial charge on any atom is 0.264 e. The van der Waals surface area contributed by atoms with E-state index in [0.717, 1.165) is 13.7 Å². The van der Waals surface area contributed by atoms with Crippen molar-refractivity contribution >= 4 is 56.6 Å². The lowest BCUT2D eigenvalue weighted by atomic mass is 10.2. The van der Waals surface area contributed by atoms with Crippen LogP contribution < -0.4 is 0 Å². The quantitative estimate of drug-likeness (QED) is 0.562. The second kappa shape index (κ2) is 3.94. The molecule has 0 bridgehead atoms. The molecule has 2 rings (SSSR count). The minimum atomic E-state index is -2.45. The van der Waals surface area contributed by atoms with Crippen LogP contribution in [-0.4, -0.2) is 0 Å². The molecule has 0 atom stereocenters. The van der Waals surface area contributed by atoms with E-state index in [9.17, 15) is 8.78 Å². The molecule has 0 nitrogen and oxygen atoms in total. The number of halogens is 3. The molecule has 0 aliphatic heterocycles. The highest BCUT2D eigenvalue weighted by Crippen LogP contribution is 2.35. The molecule has 74 valence electrons. The van der Waals surface area contributed by atoms with E-state index in [1.807, 2.05) is 5.38 Å². The standard InChI is InChI=1S/C9H5F2IS2/c10-9(11)5-2-8-4(1-7(5)13)6(12)3-14-8/h1-3,9,13H. The van der Waals surface area contributed by atoms with Crippen LogP contribution in [0.3, 0.4) is 0 Å². The Morgan fingerprint density at radius 2 is 2.07 bits per heavy atom. The van der Waals surface area contributed by atoms with Gasteiger partial charge in [-0.1, -0.05) is 0 Å². The van der Waals surface area contributed by atoms with Crippen LogP contribution in [0.5, 0.6) is 0 Å². The molecule has 0 N–H and O–H groups in total. The SMILES string of the molecule is FC(F)c1cc2scc(I)c2cc1S. The summed E-state index contributed by atoms with van der Waals surface area (Å²) in [5.41, 5.74) is 0.0130. The normalized spacial score (nSPS) is 11.5. The Labute approximate surface area is 103 Å². The van der Waals surface area contributed by atoms with E-state index in [0.29, 0.717) is 4.90 Å². The van der Waals surface area contributed by atoms with Gasteiger partial charge >= 0.3 is 0 Å². The third kappa shape index (κ3) is 1.77. The van der Waals surface area contributed by atoms with Crippen molar-refractivity contribution in [3.8, 4) is 0 Å². The fourth-order valence-corrected chi connectivity index (χ4v) is 3.37. The molecule has 1 aromatic carbocycles. The van der Waals surface area contributed by atoms with Crippen molar-refractivity contribution in [1.82, 2.24) is 0 Å². The smallest absolute Gasteiger partial charge is 0.205 e. The van der Waals surface area contributed by atoms with E-state index in [1.165, 1.54) is 17.4 Å². The Bertz CT molecular complexity index is 479.